The van der Waals surface area contributed by atoms with Crippen molar-refractivity contribution in [1.29, 1.82) is 0 Å². The minimum atomic E-state index is 0.200. The van der Waals surface area contributed by atoms with Gasteiger partial charge in [0.25, 0.3) is 0 Å². The van der Waals surface area contributed by atoms with E-state index in [1.807, 2.05) is 24.3 Å². The van der Waals surface area contributed by atoms with Crippen LogP contribution in [0.15, 0.2) is 24.3 Å². The first-order valence-electron chi connectivity index (χ1n) is 6.71. The Kier molecular flexibility index (Phi) is 7.14. The number of benzene rings is 1. The molecule has 0 amide bonds. The van der Waals surface area contributed by atoms with Crippen molar-refractivity contribution in [3.05, 3.63) is 29.3 Å². The summed E-state index contributed by atoms with van der Waals surface area (Å²) in [6, 6.07) is 7.62. The Morgan fingerprint density at radius 2 is 1.94 bits per heavy atom. The van der Waals surface area contributed by atoms with E-state index in [9.17, 15) is 0 Å². The van der Waals surface area contributed by atoms with Crippen LogP contribution in [0.2, 0.25) is 5.02 Å². The maximum absolute atomic E-state index is 6.05. The maximum atomic E-state index is 6.05. The van der Waals surface area contributed by atoms with Gasteiger partial charge < -0.3 is 10.1 Å². The Bertz CT molecular complexity index is 341. The van der Waals surface area contributed by atoms with Crippen molar-refractivity contribution in [2.24, 2.45) is 5.92 Å². The highest BCUT2D eigenvalue weighted by Crippen LogP contribution is 2.24. The Labute approximate surface area is 116 Å². The molecule has 0 aliphatic rings. The molecule has 0 aromatic heterocycles. The molecule has 0 aliphatic carbocycles. The average molecular weight is 270 g/mol. The second kappa shape index (κ2) is 8.39. The molecule has 1 rings (SSSR count). The molecule has 0 radical (unpaired) electrons. The monoisotopic (exact) mass is 269 g/mol. The van der Waals surface area contributed by atoms with Crippen LogP contribution in [-0.2, 0) is 0 Å². The molecular weight excluding hydrogens is 246 g/mol. The first kappa shape index (κ1) is 15.3. The summed E-state index contributed by atoms with van der Waals surface area (Å²) in [6.07, 6.45) is 2.36. The minimum Gasteiger partial charge on any atom is -0.489 e. The molecule has 3 heteroatoms. The lowest BCUT2D eigenvalue weighted by Crippen LogP contribution is -2.22. The van der Waals surface area contributed by atoms with E-state index in [0.29, 0.717) is 10.9 Å². The molecule has 1 aromatic rings. The van der Waals surface area contributed by atoms with Gasteiger partial charge in [-0.15, -0.1) is 0 Å². The van der Waals surface area contributed by atoms with E-state index in [0.717, 1.165) is 31.7 Å². The van der Waals surface area contributed by atoms with E-state index in [2.05, 4.69) is 26.1 Å². The number of para-hydroxylation sites is 1. The van der Waals surface area contributed by atoms with E-state index in [-0.39, 0.29) is 6.10 Å². The summed E-state index contributed by atoms with van der Waals surface area (Å²) < 4.78 is 5.81. The highest BCUT2D eigenvalue weighted by Gasteiger charge is 2.06. The van der Waals surface area contributed by atoms with Gasteiger partial charge in [0.2, 0.25) is 0 Å². The van der Waals surface area contributed by atoms with E-state index >= 15 is 0 Å². The lowest BCUT2D eigenvalue weighted by atomic mass is 10.2. The summed E-state index contributed by atoms with van der Waals surface area (Å²) >= 11 is 6.05. The van der Waals surface area contributed by atoms with Gasteiger partial charge in [0.1, 0.15) is 5.75 Å². The van der Waals surface area contributed by atoms with E-state index in [1.54, 1.807) is 0 Å². The molecule has 1 unspecified atom stereocenters. The third-order valence-corrected chi connectivity index (χ3v) is 2.99. The summed E-state index contributed by atoms with van der Waals surface area (Å²) in [7, 11) is 0. The van der Waals surface area contributed by atoms with Gasteiger partial charge in [0.15, 0.2) is 0 Å². The van der Waals surface area contributed by atoms with Crippen molar-refractivity contribution in [3.63, 3.8) is 0 Å². The Morgan fingerprint density at radius 1 is 1.22 bits per heavy atom. The second-order valence-corrected chi connectivity index (χ2v) is 5.51. The quantitative estimate of drug-likeness (QED) is 0.717. The summed E-state index contributed by atoms with van der Waals surface area (Å²) in [5, 5.41) is 4.12. The molecule has 102 valence electrons. The van der Waals surface area contributed by atoms with E-state index in [4.69, 9.17) is 16.3 Å². The van der Waals surface area contributed by atoms with Crippen molar-refractivity contribution in [3.8, 4) is 5.75 Å². The van der Waals surface area contributed by atoms with Crippen molar-refractivity contribution >= 4 is 11.6 Å². The Balaban J connectivity index is 2.18. The van der Waals surface area contributed by atoms with Gasteiger partial charge in [0.05, 0.1) is 11.1 Å². The topological polar surface area (TPSA) is 21.3 Å². The van der Waals surface area contributed by atoms with Gasteiger partial charge in [-0.05, 0) is 50.9 Å². The molecule has 18 heavy (non-hydrogen) atoms. The van der Waals surface area contributed by atoms with Crippen LogP contribution in [0.5, 0.6) is 5.75 Å². The van der Waals surface area contributed by atoms with Gasteiger partial charge >= 0.3 is 0 Å². The van der Waals surface area contributed by atoms with Crippen LogP contribution in [0.4, 0.5) is 0 Å². The molecule has 0 spiro atoms. The number of nitrogens with one attached hydrogen (secondary N) is 1. The first-order chi connectivity index (χ1) is 8.59. The summed E-state index contributed by atoms with van der Waals surface area (Å²) in [6.45, 7) is 8.66. The zero-order valence-electron chi connectivity index (χ0n) is 11.6. The minimum absolute atomic E-state index is 0.200. The predicted molar refractivity (Wildman–Crippen MR) is 78.5 cm³/mol. The normalized spacial score (nSPS) is 12.7. The molecule has 0 bridgehead atoms. The van der Waals surface area contributed by atoms with Crippen LogP contribution in [0, 0.1) is 5.92 Å². The first-order valence-corrected chi connectivity index (χ1v) is 7.09. The number of ether oxygens (including phenoxy) is 1. The fourth-order valence-electron chi connectivity index (χ4n) is 1.72. The summed E-state index contributed by atoms with van der Waals surface area (Å²) in [5.74, 6) is 1.49. The van der Waals surface area contributed by atoms with Crippen LogP contribution in [0.25, 0.3) is 0 Å². The molecule has 1 aromatic carbocycles. The average Bonchev–Trinajstić information content (AvgIpc) is 2.31. The van der Waals surface area contributed by atoms with Crippen LogP contribution < -0.4 is 10.1 Å². The van der Waals surface area contributed by atoms with Crippen LogP contribution in [0.1, 0.15) is 33.6 Å². The molecule has 0 fully saturated rings. The second-order valence-electron chi connectivity index (χ2n) is 5.10. The summed E-state index contributed by atoms with van der Waals surface area (Å²) in [5.41, 5.74) is 0. The van der Waals surface area contributed by atoms with Gasteiger partial charge in [-0.3, -0.25) is 0 Å². The van der Waals surface area contributed by atoms with Crippen LogP contribution in [0.3, 0.4) is 0 Å². The SMILES string of the molecule is CC(C)CNCCCC(C)Oc1ccccc1Cl. The fraction of sp³-hybridized carbons (Fsp3) is 0.600. The highest BCUT2D eigenvalue weighted by molar-refractivity contribution is 6.32. The fourth-order valence-corrected chi connectivity index (χ4v) is 1.90. The van der Waals surface area contributed by atoms with Gasteiger partial charge in [0, 0.05) is 0 Å². The van der Waals surface area contributed by atoms with E-state index < -0.39 is 0 Å². The van der Waals surface area contributed by atoms with Gasteiger partial charge in [-0.25, -0.2) is 0 Å². The van der Waals surface area contributed by atoms with Gasteiger partial charge in [-0.2, -0.15) is 0 Å². The number of hydrogen-bond donors (Lipinski definition) is 1. The summed E-state index contributed by atoms with van der Waals surface area (Å²) in [4.78, 5) is 0. The smallest absolute Gasteiger partial charge is 0.138 e. The zero-order chi connectivity index (χ0) is 13.4. The van der Waals surface area contributed by atoms with Crippen LogP contribution >= 0.6 is 11.6 Å². The van der Waals surface area contributed by atoms with Gasteiger partial charge in [-0.1, -0.05) is 37.6 Å². The Morgan fingerprint density at radius 3 is 2.61 bits per heavy atom. The molecular formula is C15H24ClNO. The molecule has 0 saturated heterocycles. The lowest BCUT2D eigenvalue weighted by Gasteiger charge is -2.16. The molecule has 1 atom stereocenters. The third kappa shape index (κ3) is 6.27. The Hall–Kier alpha value is -0.730. The molecule has 0 saturated carbocycles. The van der Waals surface area contributed by atoms with Crippen LogP contribution in [-0.4, -0.2) is 19.2 Å². The molecule has 2 nitrogen and oxygen atoms in total. The molecule has 0 aliphatic heterocycles. The highest BCUT2D eigenvalue weighted by atomic mass is 35.5. The largest absolute Gasteiger partial charge is 0.489 e. The van der Waals surface area contributed by atoms with E-state index in [1.165, 1.54) is 0 Å². The predicted octanol–water partition coefficient (Wildman–Crippen LogP) is 4.13. The maximum Gasteiger partial charge on any atom is 0.138 e. The molecule has 1 N–H and O–H groups in total. The van der Waals surface area contributed by atoms with Crippen molar-refractivity contribution in [2.45, 2.75) is 39.7 Å². The molecule has 0 heterocycles. The van der Waals surface area contributed by atoms with Crippen molar-refractivity contribution in [1.82, 2.24) is 5.32 Å². The van der Waals surface area contributed by atoms with Crippen molar-refractivity contribution < 1.29 is 4.74 Å². The number of hydrogen-bond acceptors (Lipinski definition) is 2. The lowest BCUT2D eigenvalue weighted by molar-refractivity contribution is 0.207. The third-order valence-electron chi connectivity index (χ3n) is 2.68. The number of halogens is 1. The zero-order valence-corrected chi connectivity index (χ0v) is 12.3. The number of rotatable bonds is 8. The standard InChI is InChI=1S/C15H24ClNO/c1-12(2)11-17-10-6-7-13(3)18-15-9-5-4-8-14(15)16/h4-5,8-9,12-13,17H,6-7,10-11H2,1-3H3. The van der Waals surface area contributed by atoms with Crippen molar-refractivity contribution in [2.75, 3.05) is 13.1 Å².